The summed E-state index contributed by atoms with van der Waals surface area (Å²) < 4.78 is 12.3. The van der Waals surface area contributed by atoms with E-state index in [1.54, 1.807) is 26.5 Å². The number of hydrogen-bond acceptors (Lipinski definition) is 4. The van der Waals surface area contributed by atoms with Gasteiger partial charge in [-0.3, -0.25) is 4.57 Å². The summed E-state index contributed by atoms with van der Waals surface area (Å²) in [5.74, 6) is 2.02. The minimum Gasteiger partial charge on any atom is -0.481 e. The normalized spacial score (nSPS) is 10.3. The van der Waals surface area contributed by atoms with Gasteiger partial charge in [-0.1, -0.05) is 6.92 Å². The summed E-state index contributed by atoms with van der Waals surface area (Å²) in [5.41, 5.74) is 0.864. The van der Waals surface area contributed by atoms with E-state index >= 15 is 0 Å². The van der Waals surface area contributed by atoms with Crippen molar-refractivity contribution < 1.29 is 9.47 Å². The van der Waals surface area contributed by atoms with E-state index < -0.39 is 0 Å². The standard InChI is InChI=1S/C12H15N3O2/c1-4-10-13-7-8-15(10)9-5-6-11(16-2)14-12(9)17-3/h5-8H,4H2,1-3H3. The lowest BCUT2D eigenvalue weighted by Gasteiger charge is -2.11. The molecule has 5 nitrogen and oxygen atoms in total. The molecule has 0 aliphatic heterocycles. The van der Waals surface area contributed by atoms with E-state index in [4.69, 9.17) is 9.47 Å². The SMILES string of the molecule is CCc1nccn1-c1ccc(OC)nc1OC. The number of aromatic nitrogens is 3. The van der Waals surface area contributed by atoms with E-state index in [0.29, 0.717) is 11.8 Å². The summed E-state index contributed by atoms with van der Waals surface area (Å²) >= 11 is 0. The van der Waals surface area contributed by atoms with Crippen LogP contribution in [0.5, 0.6) is 11.8 Å². The minimum absolute atomic E-state index is 0.525. The number of imidazole rings is 1. The Morgan fingerprint density at radius 3 is 2.71 bits per heavy atom. The first-order valence-electron chi connectivity index (χ1n) is 5.41. The van der Waals surface area contributed by atoms with Gasteiger partial charge in [0, 0.05) is 24.9 Å². The van der Waals surface area contributed by atoms with E-state index in [2.05, 4.69) is 16.9 Å². The Hall–Kier alpha value is -2.04. The second-order valence-corrected chi connectivity index (χ2v) is 3.45. The van der Waals surface area contributed by atoms with E-state index in [-0.39, 0.29) is 0 Å². The highest BCUT2D eigenvalue weighted by atomic mass is 16.5. The van der Waals surface area contributed by atoms with Crippen molar-refractivity contribution in [3.05, 3.63) is 30.4 Å². The average Bonchev–Trinajstić information content (AvgIpc) is 2.85. The number of hydrogen-bond donors (Lipinski definition) is 0. The van der Waals surface area contributed by atoms with Gasteiger partial charge in [0.2, 0.25) is 11.8 Å². The highest BCUT2D eigenvalue weighted by molar-refractivity contribution is 5.44. The third-order valence-corrected chi connectivity index (χ3v) is 2.51. The maximum Gasteiger partial charge on any atom is 0.241 e. The van der Waals surface area contributed by atoms with E-state index in [1.807, 2.05) is 16.8 Å². The predicted molar refractivity (Wildman–Crippen MR) is 63.8 cm³/mol. The van der Waals surface area contributed by atoms with Gasteiger partial charge in [0.25, 0.3) is 0 Å². The molecule has 2 aromatic heterocycles. The summed E-state index contributed by atoms with van der Waals surface area (Å²) in [6, 6.07) is 3.71. The van der Waals surface area contributed by atoms with Crippen molar-refractivity contribution in [2.45, 2.75) is 13.3 Å². The van der Waals surface area contributed by atoms with Crippen LogP contribution in [0.3, 0.4) is 0 Å². The Bertz CT molecular complexity index is 508. The van der Waals surface area contributed by atoms with Gasteiger partial charge in [-0.2, -0.15) is 4.98 Å². The molecule has 2 aromatic rings. The van der Waals surface area contributed by atoms with Crippen molar-refractivity contribution in [3.63, 3.8) is 0 Å². The topological polar surface area (TPSA) is 49.2 Å². The average molecular weight is 233 g/mol. The molecule has 0 aliphatic rings. The van der Waals surface area contributed by atoms with Crippen LogP contribution < -0.4 is 9.47 Å². The third kappa shape index (κ3) is 2.08. The number of rotatable bonds is 4. The molecule has 5 heteroatoms. The molecule has 0 N–H and O–H groups in total. The Morgan fingerprint density at radius 1 is 1.24 bits per heavy atom. The quantitative estimate of drug-likeness (QED) is 0.808. The van der Waals surface area contributed by atoms with Crippen molar-refractivity contribution in [1.82, 2.24) is 14.5 Å². The Kier molecular flexibility index (Phi) is 3.27. The molecule has 17 heavy (non-hydrogen) atoms. The molecule has 2 heterocycles. The van der Waals surface area contributed by atoms with Crippen molar-refractivity contribution in [3.8, 4) is 17.4 Å². The van der Waals surface area contributed by atoms with Crippen molar-refractivity contribution in [1.29, 1.82) is 0 Å². The second kappa shape index (κ2) is 4.86. The van der Waals surface area contributed by atoms with E-state index in [9.17, 15) is 0 Å². The molecule has 0 fully saturated rings. The fraction of sp³-hybridized carbons (Fsp3) is 0.333. The fourth-order valence-electron chi connectivity index (χ4n) is 1.68. The van der Waals surface area contributed by atoms with Crippen LogP contribution in [0, 0.1) is 0 Å². The Morgan fingerprint density at radius 2 is 2.06 bits per heavy atom. The van der Waals surface area contributed by atoms with Gasteiger partial charge in [0.1, 0.15) is 11.5 Å². The zero-order valence-electron chi connectivity index (χ0n) is 10.2. The van der Waals surface area contributed by atoms with Crippen molar-refractivity contribution in [2.75, 3.05) is 14.2 Å². The molecule has 2 rings (SSSR count). The maximum absolute atomic E-state index is 5.27. The van der Waals surface area contributed by atoms with Gasteiger partial charge in [-0.05, 0) is 6.07 Å². The monoisotopic (exact) mass is 233 g/mol. The molecule has 0 aliphatic carbocycles. The zero-order valence-corrected chi connectivity index (χ0v) is 10.2. The predicted octanol–water partition coefficient (Wildman–Crippen LogP) is 1.85. The van der Waals surface area contributed by atoms with E-state index in [1.165, 1.54) is 0 Å². The van der Waals surface area contributed by atoms with Crippen LogP contribution in [-0.4, -0.2) is 28.8 Å². The lowest BCUT2D eigenvalue weighted by atomic mass is 10.3. The van der Waals surface area contributed by atoms with Crippen molar-refractivity contribution in [2.24, 2.45) is 0 Å². The molecule has 0 bridgehead atoms. The van der Waals surface area contributed by atoms with Crippen molar-refractivity contribution >= 4 is 0 Å². The third-order valence-electron chi connectivity index (χ3n) is 2.51. The van der Waals surface area contributed by atoms with E-state index in [0.717, 1.165) is 17.9 Å². The Labute approximate surface area is 100 Å². The van der Waals surface area contributed by atoms with Gasteiger partial charge < -0.3 is 9.47 Å². The zero-order chi connectivity index (χ0) is 12.3. The molecular weight excluding hydrogens is 218 g/mol. The highest BCUT2D eigenvalue weighted by Crippen LogP contribution is 2.24. The molecule has 0 amide bonds. The van der Waals surface area contributed by atoms with Crippen LogP contribution in [0.25, 0.3) is 5.69 Å². The molecule has 0 unspecified atom stereocenters. The number of aryl methyl sites for hydroxylation is 1. The number of methoxy groups -OCH3 is 2. The van der Waals surface area contributed by atoms with Gasteiger partial charge in [0.05, 0.1) is 14.2 Å². The second-order valence-electron chi connectivity index (χ2n) is 3.45. The fourth-order valence-corrected chi connectivity index (χ4v) is 1.68. The maximum atomic E-state index is 5.27. The number of pyridine rings is 1. The molecule has 0 aromatic carbocycles. The first-order chi connectivity index (χ1) is 8.30. The molecule has 0 radical (unpaired) electrons. The molecular formula is C12H15N3O2. The van der Waals surface area contributed by atoms with Crippen LogP contribution in [0.1, 0.15) is 12.7 Å². The minimum atomic E-state index is 0.525. The smallest absolute Gasteiger partial charge is 0.241 e. The van der Waals surface area contributed by atoms with Crippen LogP contribution >= 0.6 is 0 Å². The number of nitrogens with zero attached hydrogens (tertiary/aromatic N) is 3. The first kappa shape index (κ1) is 11.4. The molecule has 0 atom stereocenters. The molecule has 0 saturated carbocycles. The number of ether oxygens (including phenoxy) is 2. The van der Waals surface area contributed by atoms with Crippen LogP contribution in [-0.2, 0) is 6.42 Å². The highest BCUT2D eigenvalue weighted by Gasteiger charge is 2.11. The molecule has 0 spiro atoms. The van der Waals surface area contributed by atoms with Crippen LogP contribution in [0.4, 0.5) is 0 Å². The largest absolute Gasteiger partial charge is 0.481 e. The summed E-state index contributed by atoms with van der Waals surface area (Å²) in [5, 5.41) is 0. The van der Waals surface area contributed by atoms with Crippen LogP contribution in [0.2, 0.25) is 0 Å². The van der Waals surface area contributed by atoms with Gasteiger partial charge in [-0.15, -0.1) is 0 Å². The first-order valence-corrected chi connectivity index (χ1v) is 5.41. The summed E-state index contributed by atoms with van der Waals surface area (Å²) in [4.78, 5) is 8.53. The molecule has 90 valence electrons. The lowest BCUT2D eigenvalue weighted by Crippen LogP contribution is -2.03. The van der Waals surface area contributed by atoms with Gasteiger partial charge >= 0.3 is 0 Å². The lowest BCUT2D eigenvalue weighted by molar-refractivity contribution is 0.363. The van der Waals surface area contributed by atoms with Crippen LogP contribution in [0.15, 0.2) is 24.5 Å². The summed E-state index contributed by atoms with van der Waals surface area (Å²) in [6.45, 7) is 2.06. The van der Waals surface area contributed by atoms with Gasteiger partial charge in [-0.25, -0.2) is 4.98 Å². The van der Waals surface area contributed by atoms with Gasteiger partial charge in [0.15, 0.2) is 0 Å². The summed E-state index contributed by atoms with van der Waals surface area (Å²) in [7, 11) is 3.17. The Balaban J connectivity index is 2.51. The molecule has 0 saturated heterocycles. The summed E-state index contributed by atoms with van der Waals surface area (Å²) in [6.07, 6.45) is 4.51.